The summed E-state index contributed by atoms with van der Waals surface area (Å²) in [5.41, 5.74) is 0.954. The fourth-order valence-corrected chi connectivity index (χ4v) is 4.27. The first-order chi connectivity index (χ1) is 19.3. The number of nitrogens with zero attached hydrogens (tertiary/aromatic N) is 7. The van der Waals surface area contributed by atoms with E-state index in [4.69, 9.17) is 4.74 Å². The van der Waals surface area contributed by atoms with E-state index in [2.05, 4.69) is 25.8 Å². The van der Waals surface area contributed by atoms with Crippen molar-refractivity contribution < 1.29 is 36.7 Å². The van der Waals surface area contributed by atoms with Gasteiger partial charge in [0, 0.05) is 27.1 Å². The smallest absolute Gasteiger partial charge is 0.406 e. The Bertz CT molecular complexity index is 1460. The number of ether oxygens (including phenoxy) is 1. The molecule has 0 aliphatic carbocycles. The Morgan fingerprint density at radius 2 is 1.95 bits per heavy atom. The summed E-state index contributed by atoms with van der Waals surface area (Å²) < 4.78 is 59.5. The van der Waals surface area contributed by atoms with Crippen molar-refractivity contribution >= 4 is 23.7 Å². The van der Waals surface area contributed by atoms with Crippen LogP contribution in [0.15, 0.2) is 30.3 Å². The number of alkyl halides is 3. The maximum Gasteiger partial charge on any atom is 0.406 e. The predicted molar refractivity (Wildman–Crippen MR) is 135 cm³/mol. The molecule has 1 aliphatic rings. The molecule has 0 radical (unpaired) electrons. The van der Waals surface area contributed by atoms with Crippen molar-refractivity contribution in [1.82, 2.24) is 35.0 Å². The van der Waals surface area contributed by atoms with E-state index in [1.54, 1.807) is 19.1 Å². The van der Waals surface area contributed by atoms with Gasteiger partial charge in [-0.25, -0.2) is 18.9 Å². The highest BCUT2D eigenvalue weighted by atomic mass is 19.4. The molecule has 1 N–H and O–H groups in total. The SMILES string of the molecule is CC(=O)OCC(C)n1nnnc1-c1cccc(NC(=O)c2cc3c(cc2F)CCN(C(=O)N(C)CC(F)(F)F)C3)n1. The van der Waals surface area contributed by atoms with Gasteiger partial charge in [-0.1, -0.05) is 6.07 Å². The molecule has 1 atom stereocenters. The second-order valence-corrected chi connectivity index (χ2v) is 9.49. The molecule has 0 spiro atoms. The third-order valence-corrected chi connectivity index (χ3v) is 6.22. The fourth-order valence-electron chi connectivity index (χ4n) is 4.27. The number of hydrogen-bond acceptors (Lipinski definition) is 8. The van der Waals surface area contributed by atoms with Crippen molar-refractivity contribution in [3.63, 3.8) is 0 Å². The van der Waals surface area contributed by atoms with E-state index in [0.717, 1.165) is 7.05 Å². The van der Waals surface area contributed by atoms with Gasteiger partial charge in [0.1, 0.15) is 30.5 Å². The van der Waals surface area contributed by atoms with Crippen molar-refractivity contribution in [3.05, 3.63) is 52.8 Å². The minimum Gasteiger partial charge on any atom is -0.464 e. The van der Waals surface area contributed by atoms with Crippen LogP contribution in [-0.4, -0.2) is 85.8 Å². The van der Waals surface area contributed by atoms with Crippen molar-refractivity contribution in [3.8, 4) is 11.5 Å². The van der Waals surface area contributed by atoms with Crippen LogP contribution in [0, 0.1) is 5.82 Å². The van der Waals surface area contributed by atoms with Gasteiger partial charge in [-0.15, -0.1) is 5.10 Å². The lowest BCUT2D eigenvalue weighted by atomic mass is 9.96. The molecule has 4 rings (SSSR count). The molecule has 3 aromatic rings. The monoisotopic (exact) mass is 578 g/mol. The number of benzene rings is 1. The van der Waals surface area contributed by atoms with Gasteiger partial charge in [-0.3, -0.25) is 9.59 Å². The summed E-state index contributed by atoms with van der Waals surface area (Å²) in [7, 11) is 1.05. The summed E-state index contributed by atoms with van der Waals surface area (Å²) in [4.78, 5) is 42.8. The lowest BCUT2D eigenvalue weighted by Crippen LogP contribution is -2.46. The third-order valence-electron chi connectivity index (χ3n) is 6.22. The zero-order valence-electron chi connectivity index (χ0n) is 22.3. The molecule has 1 aromatic carbocycles. The molecule has 3 amide bonds. The first-order valence-electron chi connectivity index (χ1n) is 12.4. The largest absolute Gasteiger partial charge is 0.464 e. The van der Waals surface area contributed by atoms with E-state index in [0.29, 0.717) is 16.0 Å². The molecule has 218 valence electrons. The Kier molecular flexibility index (Phi) is 8.49. The minimum absolute atomic E-state index is 0.0169. The zero-order chi connectivity index (χ0) is 29.9. The average molecular weight is 579 g/mol. The van der Waals surface area contributed by atoms with E-state index < -0.39 is 42.5 Å². The van der Waals surface area contributed by atoms with Crippen molar-refractivity contribution in [2.75, 3.05) is 32.1 Å². The number of tetrazole rings is 1. The van der Waals surface area contributed by atoms with E-state index in [1.165, 1.54) is 34.7 Å². The standard InChI is InChI=1S/C25H26F4N8O4/c1-14(12-41-15(2)38)37-22(32-33-34-37)20-5-4-6-21(30-20)31-23(39)18-9-17-11-36(8-7-16(17)10-19(18)26)24(40)35(3)13-25(27,28)29/h4-6,9-10,14H,7-8,11-13H2,1-3H3,(H,30,31,39). The van der Waals surface area contributed by atoms with Crippen molar-refractivity contribution in [2.45, 2.75) is 39.0 Å². The Morgan fingerprint density at radius 3 is 2.66 bits per heavy atom. The molecule has 0 bridgehead atoms. The summed E-state index contributed by atoms with van der Waals surface area (Å²) in [6.45, 7) is 1.64. The van der Waals surface area contributed by atoms with Gasteiger partial charge in [0.25, 0.3) is 5.91 Å². The molecule has 41 heavy (non-hydrogen) atoms. The highest BCUT2D eigenvalue weighted by Gasteiger charge is 2.34. The van der Waals surface area contributed by atoms with Gasteiger partial charge in [0.2, 0.25) is 5.82 Å². The minimum atomic E-state index is -4.55. The number of halogens is 4. The first kappa shape index (κ1) is 29.4. The molecule has 0 saturated heterocycles. The Balaban J connectivity index is 1.50. The number of rotatable bonds is 7. The van der Waals surface area contributed by atoms with E-state index >= 15 is 0 Å². The molecule has 1 aliphatic heterocycles. The summed E-state index contributed by atoms with van der Waals surface area (Å²) in [5, 5.41) is 14.0. The van der Waals surface area contributed by atoms with E-state index in [9.17, 15) is 31.9 Å². The van der Waals surface area contributed by atoms with Gasteiger partial charge in [-0.2, -0.15) is 13.2 Å². The second-order valence-electron chi connectivity index (χ2n) is 9.49. The van der Waals surface area contributed by atoms with Gasteiger partial charge in [0.15, 0.2) is 0 Å². The normalized spacial score (nSPS) is 13.8. The van der Waals surface area contributed by atoms with Crippen LogP contribution in [0.25, 0.3) is 11.5 Å². The molecule has 3 heterocycles. The fraction of sp³-hybridized carbons (Fsp3) is 0.400. The number of carbonyl (C=O) groups is 3. The van der Waals surface area contributed by atoms with Crippen LogP contribution in [0.4, 0.5) is 28.2 Å². The number of urea groups is 1. The summed E-state index contributed by atoms with van der Waals surface area (Å²) in [6.07, 6.45) is -4.33. The van der Waals surface area contributed by atoms with Crippen LogP contribution in [-0.2, 0) is 22.5 Å². The van der Waals surface area contributed by atoms with Crippen LogP contribution < -0.4 is 5.32 Å². The quantitative estimate of drug-likeness (QED) is 0.334. The molecule has 12 nitrogen and oxygen atoms in total. The van der Waals surface area contributed by atoms with Gasteiger partial charge < -0.3 is 19.9 Å². The van der Waals surface area contributed by atoms with Crippen molar-refractivity contribution in [2.24, 2.45) is 0 Å². The highest BCUT2D eigenvalue weighted by molar-refractivity contribution is 6.04. The number of fused-ring (bicyclic) bond motifs is 1. The third kappa shape index (κ3) is 7.12. The molecule has 0 fully saturated rings. The number of esters is 1. The van der Waals surface area contributed by atoms with E-state index in [-0.39, 0.29) is 49.0 Å². The van der Waals surface area contributed by atoms with E-state index in [1.807, 2.05) is 0 Å². The lowest BCUT2D eigenvalue weighted by molar-refractivity contribution is -0.142. The van der Waals surface area contributed by atoms with Crippen molar-refractivity contribution in [1.29, 1.82) is 0 Å². The van der Waals surface area contributed by atoms with Crippen LogP contribution in [0.3, 0.4) is 0 Å². The van der Waals surface area contributed by atoms with Gasteiger partial charge in [0.05, 0.1) is 11.6 Å². The summed E-state index contributed by atoms with van der Waals surface area (Å²) >= 11 is 0. The number of aromatic nitrogens is 5. The number of anilines is 1. The molecular formula is C25H26F4N8O4. The number of carbonyl (C=O) groups excluding carboxylic acids is 3. The maximum atomic E-state index is 14.9. The number of hydrogen-bond donors (Lipinski definition) is 1. The first-order valence-corrected chi connectivity index (χ1v) is 12.4. The average Bonchev–Trinajstić information content (AvgIpc) is 3.40. The molecule has 2 aromatic heterocycles. The Morgan fingerprint density at radius 1 is 1.20 bits per heavy atom. The van der Waals surface area contributed by atoms with Gasteiger partial charge >= 0.3 is 18.2 Å². The number of nitrogens with one attached hydrogen (secondary N) is 1. The topological polar surface area (TPSA) is 135 Å². The number of amides is 3. The highest BCUT2D eigenvalue weighted by Crippen LogP contribution is 2.26. The predicted octanol–water partition coefficient (Wildman–Crippen LogP) is 3.22. The second kappa shape index (κ2) is 11.9. The number of pyridine rings is 1. The molecule has 16 heteroatoms. The summed E-state index contributed by atoms with van der Waals surface area (Å²) in [6, 6.07) is 5.88. The molecule has 0 saturated carbocycles. The van der Waals surface area contributed by atoms with Gasteiger partial charge in [-0.05, 0) is 59.2 Å². The molecule has 1 unspecified atom stereocenters. The van der Waals surface area contributed by atoms with Crippen LogP contribution >= 0.6 is 0 Å². The molecular weight excluding hydrogens is 552 g/mol. The maximum absolute atomic E-state index is 14.9. The van der Waals surface area contributed by atoms with Crippen LogP contribution in [0.1, 0.15) is 41.4 Å². The van der Waals surface area contributed by atoms with Crippen LogP contribution in [0.2, 0.25) is 0 Å². The summed E-state index contributed by atoms with van der Waals surface area (Å²) in [5.74, 6) is -1.78. The Hall–Kier alpha value is -4.63. The Labute approximate surface area is 231 Å². The zero-order valence-corrected chi connectivity index (χ0v) is 22.3. The van der Waals surface area contributed by atoms with Crippen LogP contribution in [0.5, 0.6) is 0 Å². The lowest BCUT2D eigenvalue weighted by Gasteiger charge is -2.33.